The molecule has 0 radical (unpaired) electrons. The van der Waals surface area contributed by atoms with Gasteiger partial charge in [-0.1, -0.05) is 12.1 Å². The van der Waals surface area contributed by atoms with E-state index in [1.807, 2.05) is 18.2 Å². The van der Waals surface area contributed by atoms with E-state index in [1.54, 1.807) is 11.0 Å². The molecule has 3 nitrogen and oxygen atoms in total. The van der Waals surface area contributed by atoms with Gasteiger partial charge in [-0.05, 0) is 40.9 Å². The quantitative estimate of drug-likeness (QED) is 0.919. The summed E-state index contributed by atoms with van der Waals surface area (Å²) in [5, 5.41) is 8.97. The van der Waals surface area contributed by atoms with E-state index >= 15 is 0 Å². The molecule has 0 saturated heterocycles. The Morgan fingerprint density at radius 3 is 2.69 bits per heavy atom. The molecule has 1 saturated carbocycles. The van der Waals surface area contributed by atoms with Gasteiger partial charge in [0.2, 0.25) is 0 Å². The third-order valence-electron chi connectivity index (χ3n) is 2.69. The Morgan fingerprint density at radius 1 is 1.44 bits per heavy atom. The molecule has 86 valence electrons. The van der Waals surface area contributed by atoms with Crippen molar-refractivity contribution in [1.82, 2.24) is 4.90 Å². The van der Waals surface area contributed by atoms with Crippen molar-refractivity contribution in [2.75, 3.05) is 13.2 Å². The number of hydrogen-bond acceptors (Lipinski definition) is 2. The second kappa shape index (κ2) is 4.97. The Balaban J connectivity index is 2.19. The van der Waals surface area contributed by atoms with E-state index in [0.717, 1.165) is 17.3 Å². The normalized spacial score (nSPS) is 14.9. The van der Waals surface area contributed by atoms with Crippen LogP contribution in [0.2, 0.25) is 0 Å². The number of carbonyl (C=O) groups excluding carboxylic acids is 1. The van der Waals surface area contributed by atoms with Crippen molar-refractivity contribution in [3.8, 4) is 0 Å². The number of aliphatic hydroxyl groups is 1. The fourth-order valence-corrected chi connectivity index (χ4v) is 2.19. The molecular formula is C12H14BrNO2. The second-order valence-corrected chi connectivity index (χ2v) is 4.79. The van der Waals surface area contributed by atoms with Gasteiger partial charge in [-0.3, -0.25) is 4.79 Å². The van der Waals surface area contributed by atoms with Gasteiger partial charge in [-0.15, -0.1) is 0 Å². The molecule has 1 amide bonds. The minimum atomic E-state index is 0.00373. The molecule has 1 aliphatic rings. The lowest BCUT2D eigenvalue weighted by Gasteiger charge is -2.21. The van der Waals surface area contributed by atoms with E-state index in [1.165, 1.54) is 0 Å². The molecule has 0 aliphatic heterocycles. The Kier molecular flexibility index (Phi) is 3.61. The summed E-state index contributed by atoms with van der Waals surface area (Å²) in [6, 6.07) is 7.72. The molecule has 1 aromatic rings. The second-order valence-electron chi connectivity index (χ2n) is 3.93. The summed E-state index contributed by atoms with van der Waals surface area (Å²) >= 11 is 3.38. The summed E-state index contributed by atoms with van der Waals surface area (Å²) in [4.78, 5) is 14.0. The fourth-order valence-electron chi connectivity index (χ4n) is 1.73. The van der Waals surface area contributed by atoms with Gasteiger partial charge in [0.15, 0.2) is 0 Å². The average Bonchev–Trinajstić information content (AvgIpc) is 3.09. The number of halogens is 1. The van der Waals surface area contributed by atoms with E-state index < -0.39 is 0 Å². The first-order chi connectivity index (χ1) is 7.74. The number of carbonyl (C=O) groups is 1. The maximum atomic E-state index is 12.2. The van der Waals surface area contributed by atoms with Crippen LogP contribution in [0.3, 0.4) is 0 Å². The number of benzene rings is 1. The lowest BCUT2D eigenvalue weighted by molar-refractivity contribution is 0.0706. The highest BCUT2D eigenvalue weighted by atomic mass is 79.9. The molecule has 0 heterocycles. The van der Waals surface area contributed by atoms with Crippen LogP contribution in [0.5, 0.6) is 0 Å². The van der Waals surface area contributed by atoms with Crippen LogP contribution in [-0.4, -0.2) is 35.1 Å². The lowest BCUT2D eigenvalue weighted by atomic mass is 10.2. The van der Waals surface area contributed by atoms with E-state index in [0.29, 0.717) is 18.2 Å². The molecule has 1 fully saturated rings. The highest BCUT2D eigenvalue weighted by Gasteiger charge is 2.33. The average molecular weight is 284 g/mol. The van der Waals surface area contributed by atoms with Crippen LogP contribution in [-0.2, 0) is 0 Å². The van der Waals surface area contributed by atoms with Gasteiger partial charge >= 0.3 is 0 Å². The summed E-state index contributed by atoms with van der Waals surface area (Å²) < 4.78 is 0.809. The van der Waals surface area contributed by atoms with E-state index in [4.69, 9.17) is 5.11 Å². The topological polar surface area (TPSA) is 40.5 Å². The SMILES string of the molecule is O=C(c1ccccc1Br)N(CCO)C1CC1. The molecule has 0 atom stereocenters. The van der Waals surface area contributed by atoms with E-state index in [9.17, 15) is 4.79 Å². The van der Waals surface area contributed by atoms with Crippen LogP contribution in [0.15, 0.2) is 28.7 Å². The summed E-state index contributed by atoms with van der Waals surface area (Å²) in [5.41, 5.74) is 0.669. The maximum Gasteiger partial charge on any atom is 0.255 e. The van der Waals surface area contributed by atoms with E-state index in [-0.39, 0.29) is 12.5 Å². The molecule has 0 bridgehead atoms. The van der Waals surface area contributed by atoms with Crippen LogP contribution in [0.4, 0.5) is 0 Å². The molecule has 0 spiro atoms. The fraction of sp³-hybridized carbons (Fsp3) is 0.417. The summed E-state index contributed by atoms with van der Waals surface area (Å²) in [6.07, 6.45) is 2.10. The Morgan fingerprint density at radius 2 is 2.12 bits per heavy atom. The predicted molar refractivity (Wildman–Crippen MR) is 65.3 cm³/mol. The third-order valence-corrected chi connectivity index (χ3v) is 3.39. The van der Waals surface area contributed by atoms with Crippen molar-refractivity contribution in [2.24, 2.45) is 0 Å². The minimum absolute atomic E-state index is 0.00373. The van der Waals surface area contributed by atoms with Gasteiger partial charge in [0, 0.05) is 17.1 Å². The zero-order valence-corrected chi connectivity index (χ0v) is 10.5. The molecule has 1 aromatic carbocycles. The molecule has 1 aliphatic carbocycles. The van der Waals surface area contributed by atoms with Crippen molar-refractivity contribution in [2.45, 2.75) is 18.9 Å². The number of aliphatic hydroxyl groups excluding tert-OH is 1. The maximum absolute atomic E-state index is 12.2. The van der Waals surface area contributed by atoms with Crippen LogP contribution < -0.4 is 0 Å². The highest BCUT2D eigenvalue weighted by molar-refractivity contribution is 9.10. The number of nitrogens with zero attached hydrogens (tertiary/aromatic N) is 1. The Labute approximate surface area is 103 Å². The zero-order chi connectivity index (χ0) is 11.5. The smallest absolute Gasteiger partial charge is 0.255 e. The van der Waals surface area contributed by atoms with Crippen molar-refractivity contribution in [1.29, 1.82) is 0 Å². The summed E-state index contributed by atoms with van der Waals surface area (Å²) in [7, 11) is 0. The van der Waals surface area contributed by atoms with Crippen LogP contribution in [0, 0.1) is 0 Å². The molecule has 1 N–H and O–H groups in total. The van der Waals surface area contributed by atoms with Gasteiger partial charge in [-0.25, -0.2) is 0 Å². The molecule has 16 heavy (non-hydrogen) atoms. The molecular weight excluding hydrogens is 270 g/mol. The monoisotopic (exact) mass is 283 g/mol. The van der Waals surface area contributed by atoms with Crippen molar-refractivity contribution >= 4 is 21.8 Å². The molecule has 0 unspecified atom stereocenters. The van der Waals surface area contributed by atoms with Crippen LogP contribution >= 0.6 is 15.9 Å². The van der Waals surface area contributed by atoms with Gasteiger partial charge in [0.05, 0.1) is 12.2 Å². The van der Waals surface area contributed by atoms with Gasteiger partial charge in [0.25, 0.3) is 5.91 Å². The summed E-state index contributed by atoms with van der Waals surface area (Å²) in [5.74, 6) is 0.00373. The van der Waals surface area contributed by atoms with Crippen molar-refractivity contribution in [3.05, 3.63) is 34.3 Å². The largest absolute Gasteiger partial charge is 0.395 e. The minimum Gasteiger partial charge on any atom is -0.395 e. The van der Waals surface area contributed by atoms with Gasteiger partial charge < -0.3 is 10.0 Å². The zero-order valence-electron chi connectivity index (χ0n) is 8.90. The lowest BCUT2D eigenvalue weighted by Crippen LogP contribution is -2.35. The number of rotatable bonds is 4. The predicted octanol–water partition coefficient (Wildman–Crippen LogP) is 2.05. The van der Waals surface area contributed by atoms with Crippen LogP contribution in [0.25, 0.3) is 0 Å². The standard InChI is InChI=1S/C12H14BrNO2/c13-11-4-2-1-3-10(11)12(16)14(7-8-15)9-5-6-9/h1-4,9,15H,5-8H2. The first kappa shape index (κ1) is 11.6. The first-order valence-corrected chi connectivity index (χ1v) is 6.19. The van der Waals surface area contributed by atoms with Crippen molar-refractivity contribution < 1.29 is 9.90 Å². The first-order valence-electron chi connectivity index (χ1n) is 5.40. The van der Waals surface area contributed by atoms with Crippen LogP contribution in [0.1, 0.15) is 23.2 Å². The number of hydrogen-bond donors (Lipinski definition) is 1. The van der Waals surface area contributed by atoms with Crippen molar-refractivity contribution in [3.63, 3.8) is 0 Å². The molecule has 2 rings (SSSR count). The summed E-state index contributed by atoms with van der Waals surface area (Å²) in [6.45, 7) is 0.442. The van der Waals surface area contributed by atoms with Gasteiger partial charge in [0.1, 0.15) is 0 Å². The molecule has 0 aromatic heterocycles. The Hall–Kier alpha value is -0.870. The van der Waals surface area contributed by atoms with E-state index in [2.05, 4.69) is 15.9 Å². The molecule has 4 heteroatoms. The Bertz CT molecular complexity index is 390. The third kappa shape index (κ3) is 2.44. The highest BCUT2D eigenvalue weighted by Crippen LogP contribution is 2.29. The van der Waals surface area contributed by atoms with Gasteiger partial charge in [-0.2, -0.15) is 0 Å². The number of amides is 1.